The first-order chi connectivity index (χ1) is 12.2. The van der Waals surface area contributed by atoms with E-state index in [9.17, 15) is 4.79 Å². The van der Waals surface area contributed by atoms with Crippen LogP contribution in [-0.4, -0.2) is 25.7 Å². The number of aromatic nitrogens is 4. The Balaban J connectivity index is 1.63. The molecule has 4 rings (SSSR count). The number of rotatable bonds is 3. The number of amides is 1. The van der Waals surface area contributed by atoms with E-state index in [1.54, 1.807) is 17.1 Å². The summed E-state index contributed by atoms with van der Waals surface area (Å²) in [6.45, 7) is 1.48. The molecule has 6 heteroatoms. The molecule has 2 aromatic carbocycles. The van der Waals surface area contributed by atoms with Crippen molar-refractivity contribution in [2.45, 2.75) is 6.92 Å². The van der Waals surface area contributed by atoms with Gasteiger partial charge in [-0.3, -0.25) is 9.78 Å². The summed E-state index contributed by atoms with van der Waals surface area (Å²) in [5.41, 5.74) is 5.04. The van der Waals surface area contributed by atoms with Crippen molar-refractivity contribution < 1.29 is 4.79 Å². The molecule has 0 aliphatic rings. The maximum Gasteiger partial charge on any atom is 0.221 e. The van der Waals surface area contributed by atoms with Crippen LogP contribution in [0.15, 0.2) is 67.1 Å². The van der Waals surface area contributed by atoms with Crippen LogP contribution in [0.3, 0.4) is 0 Å². The Morgan fingerprint density at radius 2 is 1.76 bits per heavy atom. The number of anilines is 1. The van der Waals surface area contributed by atoms with Gasteiger partial charge in [-0.25, -0.2) is 9.67 Å². The molecule has 0 saturated carbocycles. The van der Waals surface area contributed by atoms with E-state index in [4.69, 9.17) is 0 Å². The van der Waals surface area contributed by atoms with Crippen LogP contribution in [-0.2, 0) is 4.79 Å². The first kappa shape index (κ1) is 15.0. The Bertz CT molecular complexity index is 1050. The van der Waals surface area contributed by atoms with Gasteiger partial charge in [0.2, 0.25) is 5.91 Å². The molecule has 0 atom stereocenters. The Kier molecular flexibility index (Phi) is 3.70. The van der Waals surface area contributed by atoms with Gasteiger partial charge in [-0.2, -0.15) is 5.10 Å². The van der Waals surface area contributed by atoms with Crippen molar-refractivity contribution in [3.05, 3.63) is 67.1 Å². The molecule has 122 valence electrons. The van der Waals surface area contributed by atoms with Gasteiger partial charge in [0, 0.05) is 24.4 Å². The highest BCUT2D eigenvalue weighted by molar-refractivity contribution is 5.88. The summed E-state index contributed by atoms with van der Waals surface area (Å²) < 4.78 is 1.77. The molecule has 2 aromatic heterocycles. The first-order valence-corrected chi connectivity index (χ1v) is 7.84. The average molecular weight is 329 g/mol. The summed E-state index contributed by atoms with van der Waals surface area (Å²) in [6.07, 6.45) is 5.43. The number of nitrogens with one attached hydrogen (secondary N) is 1. The van der Waals surface area contributed by atoms with Crippen LogP contribution in [0, 0.1) is 0 Å². The van der Waals surface area contributed by atoms with Crippen LogP contribution < -0.4 is 5.32 Å². The van der Waals surface area contributed by atoms with Crippen molar-refractivity contribution in [2.24, 2.45) is 0 Å². The zero-order chi connectivity index (χ0) is 17.2. The monoisotopic (exact) mass is 329 g/mol. The van der Waals surface area contributed by atoms with Gasteiger partial charge in [-0.05, 0) is 36.4 Å². The second-order valence-corrected chi connectivity index (χ2v) is 5.65. The fourth-order valence-corrected chi connectivity index (χ4v) is 2.59. The lowest BCUT2D eigenvalue weighted by Gasteiger charge is -2.04. The number of benzene rings is 2. The molecule has 0 radical (unpaired) electrons. The Hall–Kier alpha value is -3.54. The normalized spacial score (nSPS) is 10.8. The Morgan fingerprint density at radius 1 is 1.00 bits per heavy atom. The largest absolute Gasteiger partial charge is 0.326 e. The molecule has 0 fully saturated rings. The van der Waals surface area contributed by atoms with E-state index in [1.807, 2.05) is 54.7 Å². The highest BCUT2D eigenvalue weighted by atomic mass is 16.1. The van der Waals surface area contributed by atoms with E-state index in [-0.39, 0.29) is 5.91 Å². The summed E-state index contributed by atoms with van der Waals surface area (Å²) in [4.78, 5) is 20.2. The van der Waals surface area contributed by atoms with Gasteiger partial charge in [0.15, 0.2) is 0 Å². The summed E-state index contributed by atoms with van der Waals surface area (Å²) >= 11 is 0. The van der Waals surface area contributed by atoms with Crippen LogP contribution in [0.1, 0.15) is 6.92 Å². The predicted octanol–water partition coefficient (Wildman–Crippen LogP) is 3.44. The fourth-order valence-electron chi connectivity index (χ4n) is 2.59. The van der Waals surface area contributed by atoms with Crippen molar-refractivity contribution in [1.29, 1.82) is 0 Å². The molecular formula is C19H15N5O. The number of para-hydroxylation sites is 2. The molecule has 25 heavy (non-hydrogen) atoms. The minimum absolute atomic E-state index is 0.0935. The molecule has 1 amide bonds. The lowest BCUT2D eigenvalue weighted by molar-refractivity contribution is -0.114. The molecule has 0 aliphatic heterocycles. The van der Waals surface area contributed by atoms with Crippen molar-refractivity contribution in [1.82, 2.24) is 19.7 Å². The van der Waals surface area contributed by atoms with Gasteiger partial charge >= 0.3 is 0 Å². The van der Waals surface area contributed by atoms with E-state index in [1.165, 1.54) is 6.92 Å². The van der Waals surface area contributed by atoms with E-state index >= 15 is 0 Å². The lowest BCUT2D eigenvalue weighted by atomic mass is 10.2. The smallest absolute Gasteiger partial charge is 0.221 e. The summed E-state index contributed by atoms with van der Waals surface area (Å²) in [7, 11) is 0. The van der Waals surface area contributed by atoms with Crippen molar-refractivity contribution >= 4 is 22.6 Å². The van der Waals surface area contributed by atoms with Gasteiger partial charge in [0.05, 0.1) is 34.8 Å². The van der Waals surface area contributed by atoms with E-state index < -0.39 is 0 Å². The number of nitrogens with zero attached hydrogens (tertiary/aromatic N) is 4. The topological polar surface area (TPSA) is 72.7 Å². The standard InChI is InChI=1S/C19H15N5O/c1-13(25)22-15-6-8-16(9-7-15)24-12-14(10-21-24)19-11-20-17-4-2-3-5-18(17)23-19/h2-12H,1H3,(H,22,25). The molecule has 0 bridgehead atoms. The predicted molar refractivity (Wildman–Crippen MR) is 96.4 cm³/mol. The molecule has 4 aromatic rings. The third-order valence-electron chi connectivity index (χ3n) is 3.78. The number of carbonyl (C=O) groups excluding carboxylic acids is 1. The van der Waals surface area contributed by atoms with Crippen LogP contribution in [0.5, 0.6) is 0 Å². The molecular weight excluding hydrogens is 314 g/mol. The number of hydrogen-bond acceptors (Lipinski definition) is 4. The zero-order valence-electron chi connectivity index (χ0n) is 13.5. The molecule has 6 nitrogen and oxygen atoms in total. The van der Waals surface area contributed by atoms with Crippen molar-refractivity contribution in [3.63, 3.8) is 0 Å². The Labute approximate surface area is 144 Å². The van der Waals surface area contributed by atoms with Crippen LogP contribution in [0.4, 0.5) is 5.69 Å². The fraction of sp³-hybridized carbons (Fsp3) is 0.0526. The Morgan fingerprint density at radius 3 is 2.52 bits per heavy atom. The molecule has 1 N–H and O–H groups in total. The van der Waals surface area contributed by atoms with Crippen molar-refractivity contribution in [2.75, 3.05) is 5.32 Å². The quantitative estimate of drug-likeness (QED) is 0.625. The summed E-state index contributed by atoms with van der Waals surface area (Å²) in [5, 5.41) is 7.14. The van der Waals surface area contributed by atoms with E-state index in [0.717, 1.165) is 33.7 Å². The lowest BCUT2D eigenvalue weighted by Crippen LogP contribution is -2.05. The van der Waals surface area contributed by atoms with Crippen LogP contribution in [0.2, 0.25) is 0 Å². The highest BCUT2D eigenvalue weighted by Gasteiger charge is 2.07. The van der Waals surface area contributed by atoms with Gasteiger partial charge in [0.1, 0.15) is 0 Å². The zero-order valence-corrected chi connectivity index (χ0v) is 13.5. The van der Waals surface area contributed by atoms with Gasteiger partial charge in [-0.15, -0.1) is 0 Å². The second-order valence-electron chi connectivity index (χ2n) is 5.65. The average Bonchev–Trinajstić information content (AvgIpc) is 3.11. The minimum atomic E-state index is -0.0935. The number of fused-ring (bicyclic) bond motifs is 1. The van der Waals surface area contributed by atoms with Gasteiger partial charge < -0.3 is 5.32 Å². The molecule has 2 heterocycles. The van der Waals surface area contributed by atoms with Crippen molar-refractivity contribution in [3.8, 4) is 16.9 Å². The maximum atomic E-state index is 11.1. The molecule has 0 unspecified atom stereocenters. The summed E-state index contributed by atoms with van der Waals surface area (Å²) in [6, 6.07) is 15.2. The second kappa shape index (κ2) is 6.16. The minimum Gasteiger partial charge on any atom is -0.326 e. The highest BCUT2D eigenvalue weighted by Crippen LogP contribution is 2.20. The SMILES string of the molecule is CC(=O)Nc1ccc(-n2cc(-c3cnc4ccccc4n3)cn2)cc1. The van der Waals surface area contributed by atoms with E-state index in [2.05, 4.69) is 20.4 Å². The van der Waals surface area contributed by atoms with E-state index in [0.29, 0.717) is 0 Å². The van der Waals surface area contributed by atoms with Crippen LogP contribution in [0.25, 0.3) is 28.0 Å². The van der Waals surface area contributed by atoms with Gasteiger partial charge in [0.25, 0.3) is 0 Å². The molecule has 0 aliphatic carbocycles. The van der Waals surface area contributed by atoms with Crippen LogP contribution >= 0.6 is 0 Å². The number of hydrogen-bond donors (Lipinski definition) is 1. The molecule has 0 saturated heterocycles. The first-order valence-electron chi connectivity index (χ1n) is 7.84. The molecule has 0 spiro atoms. The third kappa shape index (κ3) is 3.10. The maximum absolute atomic E-state index is 11.1. The third-order valence-corrected chi connectivity index (χ3v) is 3.78. The van der Waals surface area contributed by atoms with Gasteiger partial charge in [-0.1, -0.05) is 12.1 Å². The summed E-state index contributed by atoms with van der Waals surface area (Å²) in [5.74, 6) is -0.0935. The number of carbonyl (C=O) groups is 1.